The normalized spacial score (nSPS) is 16.2. The third-order valence-electron chi connectivity index (χ3n) is 3.30. The summed E-state index contributed by atoms with van der Waals surface area (Å²) < 4.78 is 0. The summed E-state index contributed by atoms with van der Waals surface area (Å²) >= 11 is 0. The van der Waals surface area contributed by atoms with Gasteiger partial charge in [-0.05, 0) is 5.41 Å². The van der Waals surface area contributed by atoms with Gasteiger partial charge in [-0.1, -0.05) is 34.6 Å². The Morgan fingerprint density at radius 2 is 2.00 bits per heavy atom. The van der Waals surface area contributed by atoms with E-state index in [-0.39, 0.29) is 5.41 Å². The highest BCUT2D eigenvalue weighted by molar-refractivity contribution is 5.54. The molecule has 2 rings (SSSR count). The van der Waals surface area contributed by atoms with Crippen LogP contribution in [0.4, 0.5) is 17.6 Å². The van der Waals surface area contributed by atoms with E-state index < -0.39 is 0 Å². The average Bonchev–Trinajstić information content (AvgIpc) is 2.29. The third-order valence-corrected chi connectivity index (χ3v) is 3.30. The lowest BCUT2D eigenvalue weighted by atomic mass is 9.97. The van der Waals surface area contributed by atoms with E-state index in [1.807, 2.05) is 6.07 Å². The van der Waals surface area contributed by atoms with E-state index in [4.69, 9.17) is 5.73 Å². The maximum Gasteiger partial charge on any atom is 0.223 e. The fourth-order valence-electron chi connectivity index (χ4n) is 2.30. The quantitative estimate of drug-likeness (QED) is 0.766. The second kappa shape index (κ2) is 6.05. The number of anilines is 3. The van der Waals surface area contributed by atoms with Gasteiger partial charge < -0.3 is 21.3 Å². The van der Waals surface area contributed by atoms with E-state index in [9.17, 15) is 0 Å². The molecule has 6 nitrogen and oxygen atoms in total. The Morgan fingerprint density at radius 3 is 2.57 bits per heavy atom. The topological polar surface area (TPSA) is 79.1 Å². The monoisotopic (exact) mass is 292 g/mol. The van der Waals surface area contributed by atoms with Gasteiger partial charge in [-0.15, -0.1) is 0 Å². The summed E-state index contributed by atoms with van der Waals surface area (Å²) in [5.41, 5.74) is 6.02. The molecule has 0 amide bonds. The highest BCUT2D eigenvalue weighted by Crippen LogP contribution is 2.23. The van der Waals surface area contributed by atoms with Gasteiger partial charge in [0.15, 0.2) is 0 Å². The molecule has 1 saturated heterocycles. The van der Waals surface area contributed by atoms with Crippen molar-refractivity contribution in [2.45, 2.75) is 46.7 Å². The van der Waals surface area contributed by atoms with E-state index in [1.165, 1.54) is 0 Å². The summed E-state index contributed by atoms with van der Waals surface area (Å²) in [6.45, 7) is 13.7. The second-order valence-corrected chi connectivity index (χ2v) is 7.31. The zero-order valence-corrected chi connectivity index (χ0v) is 13.8. The van der Waals surface area contributed by atoms with Gasteiger partial charge in [0.05, 0.1) is 0 Å². The molecule has 0 aromatic carbocycles. The smallest absolute Gasteiger partial charge is 0.223 e. The molecule has 0 radical (unpaired) electrons. The highest BCUT2D eigenvalue weighted by Gasteiger charge is 2.28. The van der Waals surface area contributed by atoms with Crippen LogP contribution in [0.25, 0.3) is 0 Å². The fourth-order valence-corrected chi connectivity index (χ4v) is 2.30. The van der Waals surface area contributed by atoms with Crippen LogP contribution >= 0.6 is 0 Å². The first kappa shape index (κ1) is 15.8. The summed E-state index contributed by atoms with van der Waals surface area (Å²) in [4.78, 5) is 10.8. The van der Waals surface area contributed by atoms with Crippen LogP contribution in [0, 0.1) is 5.41 Å². The van der Waals surface area contributed by atoms with Gasteiger partial charge in [0, 0.05) is 37.8 Å². The number of nitrogens with two attached hydrogens (primary N) is 1. The van der Waals surface area contributed by atoms with Gasteiger partial charge in [0.2, 0.25) is 5.95 Å². The average molecular weight is 292 g/mol. The molecule has 0 unspecified atom stereocenters. The molecule has 0 aliphatic carbocycles. The van der Waals surface area contributed by atoms with Gasteiger partial charge in [-0.3, -0.25) is 0 Å². The standard InChI is InChI=1S/C15H28N6/c1-10(2)18-11-7-21(8-11)13-6-12(19-14(16)20-13)17-9-15(3,4)5/h6,10-11,18H,7-9H2,1-5H3,(H3,16,17,19,20). The predicted molar refractivity (Wildman–Crippen MR) is 88.7 cm³/mol. The number of nitrogens with zero attached hydrogens (tertiary/aromatic N) is 3. The van der Waals surface area contributed by atoms with Crippen molar-refractivity contribution < 1.29 is 0 Å². The van der Waals surface area contributed by atoms with Crippen LogP contribution in [0.2, 0.25) is 0 Å². The Balaban J connectivity index is 1.97. The Morgan fingerprint density at radius 1 is 1.33 bits per heavy atom. The summed E-state index contributed by atoms with van der Waals surface area (Å²) in [5, 5.41) is 6.86. The van der Waals surface area contributed by atoms with E-state index >= 15 is 0 Å². The minimum atomic E-state index is 0.197. The molecular formula is C15H28N6. The fraction of sp³-hybridized carbons (Fsp3) is 0.733. The van der Waals surface area contributed by atoms with Crippen molar-refractivity contribution >= 4 is 17.6 Å². The van der Waals surface area contributed by atoms with Gasteiger partial charge in [0.1, 0.15) is 11.6 Å². The number of nitrogen functional groups attached to an aromatic ring is 1. The first-order valence-corrected chi connectivity index (χ1v) is 7.62. The van der Waals surface area contributed by atoms with Gasteiger partial charge in [0.25, 0.3) is 0 Å². The van der Waals surface area contributed by atoms with E-state index in [1.54, 1.807) is 0 Å². The van der Waals surface area contributed by atoms with Crippen LogP contribution in [0.3, 0.4) is 0 Å². The molecule has 0 saturated carbocycles. The maximum atomic E-state index is 5.83. The number of aromatic nitrogens is 2. The molecule has 6 heteroatoms. The lowest BCUT2D eigenvalue weighted by Gasteiger charge is -2.41. The maximum absolute atomic E-state index is 5.83. The molecule has 1 fully saturated rings. The Kier molecular flexibility index (Phi) is 4.56. The molecule has 1 aliphatic heterocycles. The molecule has 2 heterocycles. The number of rotatable bonds is 5. The molecular weight excluding hydrogens is 264 g/mol. The lowest BCUT2D eigenvalue weighted by Crippen LogP contribution is -2.59. The van der Waals surface area contributed by atoms with Gasteiger partial charge in [-0.2, -0.15) is 9.97 Å². The van der Waals surface area contributed by atoms with Crippen molar-refractivity contribution in [3.8, 4) is 0 Å². The number of hydrogen-bond acceptors (Lipinski definition) is 6. The molecule has 0 bridgehead atoms. The zero-order chi connectivity index (χ0) is 15.6. The van der Waals surface area contributed by atoms with Crippen LogP contribution < -0.4 is 21.3 Å². The van der Waals surface area contributed by atoms with Crippen LogP contribution in [-0.2, 0) is 0 Å². The van der Waals surface area contributed by atoms with Crippen LogP contribution in [-0.4, -0.2) is 41.7 Å². The number of hydrogen-bond donors (Lipinski definition) is 3. The van der Waals surface area contributed by atoms with Crippen LogP contribution in [0.5, 0.6) is 0 Å². The highest BCUT2D eigenvalue weighted by atomic mass is 15.3. The van der Waals surface area contributed by atoms with E-state index in [0.717, 1.165) is 31.3 Å². The predicted octanol–water partition coefficient (Wildman–Crippen LogP) is 1.70. The molecule has 0 spiro atoms. The van der Waals surface area contributed by atoms with Gasteiger partial charge >= 0.3 is 0 Å². The van der Waals surface area contributed by atoms with Crippen molar-refractivity contribution in [3.05, 3.63) is 6.07 Å². The first-order valence-electron chi connectivity index (χ1n) is 7.62. The van der Waals surface area contributed by atoms with Crippen LogP contribution in [0.1, 0.15) is 34.6 Å². The summed E-state index contributed by atoms with van der Waals surface area (Å²) in [6.07, 6.45) is 0. The summed E-state index contributed by atoms with van der Waals surface area (Å²) in [5.74, 6) is 2.03. The van der Waals surface area contributed by atoms with Crippen molar-refractivity contribution in [3.63, 3.8) is 0 Å². The Labute approximate surface area is 127 Å². The van der Waals surface area contributed by atoms with Crippen LogP contribution in [0.15, 0.2) is 6.07 Å². The second-order valence-electron chi connectivity index (χ2n) is 7.31. The third kappa shape index (κ3) is 4.74. The largest absolute Gasteiger partial charge is 0.369 e. The molecule has 1 aromatic rings. The molecule has 0 atom stereocenters. The van der Waals surface area contributed by atoms with E-state index in [2.05, 4.69) is 60.1 Å². The SMILES string of the molecule is CC(C)NC1CN(c2cc(NCC(C)(C)C)nc(N)n2)C1. The molecule has 21 heavy (non-hydrogen) atoms. The molecule has 1 aromatic heterocycles. The molecule has 1 aliphatic rings. The summed E-state index contributed by atoms with van der Waals surface area (Å²) in [7, 11) is 0. The Bertz CT molecular complexity index is 474. The van der Waals surface area contributed by atoms with Crippen molar-refractivity contribution in [2.24, 2.45) is 5.41 Å². The van der Waals surface area contributed by atoms with Crippen molar-refractivity contribution in [1.82, 2.24) is 15.3 Å². The summed E-state index contributed by atoms with van der Waals surface area (Å²) in [6, 6.07) is 3.03. The molecule has 118 valence electrons. The minimum Gasteiger partial charge on any atom is -0.369 e. The number of nitrogens with one attached hydrogen (secondary N) is 2. The lowest BCUT2D eigenvalue weighted by molar-refractivity contribution is 0.387. The van der Waals surface area contributed by atoms with Gasteiger partial charge in [-0.25, -0.2) is 0 Å². The van der Waals surface area contributed by atoms with E-state index in [0.29, 0.717) is 18.0 Å². The zero-order valence-electron chi connectivity index (χ0n) is 13.8. The first-order chi connectivity index (χ1) is 9.73. The minimum absolute atomic E-state index is 0.197. The molecule has 4 N–H and O–H groups in total. The van der Waals surface area contributed by atoms with Crippen molar-refractivity contribution in [1.29, 1.82) is 0 Å². The van der Waals surface area contributed by atoms with Crippen molar-refractivity contribution in [2.75, 3.05) is 35.6 Å². The Hall–Kier alpha value is -1.56.